The van der Waals surface area contributed by atoms with Crippen molar-refractivity contribution in [2.24, 2.45) is 0 Å². The zero-order valence-electron chi connectivity index (χ0n) is 24.3. The highest BCUT2D eigenvalue weighted by Gasteiger charge is 2.59. The van der Waals surface area contributed by atoms with Gasteiger partial charge in [0.1, 0.15) is 30.1 Å². The number of nitrogens with one attached hydrogen (secondary N) is 1. The lowest BCUT2D eigenvalue weighted by atomic mass is 9.91. The lowest BCUT2D eigenvalue weighted by molar-refractivity contribution is -0.179. The van der Waals surface area contributed by atoms with E-state index in [4.69, 9.17) is 33.2 Å². The van der Waals surface area contributed by atoms with E-state index in [0.29, 0.717) is 0 Å². The van der Waals surface area contributed by atoms with Crippen molar-refractivity contribution in [1.82, 2.24) is 10.2 Å². The summed E-state index contributed by atoms with van der Waals surface area (Å²) in [6, 6.07) is 8.19. The van der Waals surface area contributed by atoms with E-state index in [2.05, 4.69) is 5.32 Å². The fourth-order valence-electron chi connectivity index (χ4n) is 4.70. The number of carbonyl (C=O) groups is 4. The number of ether oxygens (including phenoxy) is 7. The van der Waals surface area contributed by atoms with E-state index in [1.54, 1.807) is 45.0 Å². The minimum Gasteiger partial charge on any atom is -0.467 e. The van der Waals surface area contributed by atoms with Crippen molar-refractivity contribution in [1.29, 1.82) is 0 Å². The summed E-state index contributed by atoms with van der Waals surface area (Å²) >= 11 is 0. The number of carbonyl (C=O) groups excluding carboxylic acids is 4. The van der Waals surface area contributed by atoms with Gasteiger partial charge in [-0.2, -0.15) is 0 Å². The van der Waals surface area contributed by atoms with Gasteiger partial charge in [-0.3, -0.25) is 5.32 Å². The summed E-state index contributed by atoms with van der Waals surface area (Å²) in [5, 5.41) is 2.34. The molecule has 0 aromatic heterocycles. The summed E-state index contributed by atoms with van der Waals surface area (Å²) in [7, 11) is 5.28. The predicted molar refractivity (Wildman–Crippen MR) is 142 cm³/mol. The summed E-state index contributed by atoms with van der Waals surface area (Å²) in [6.45, 7) is 5.25. The summed E-state index contributed by atoms with van der Waals surface area (Å²) in [5.41, 5.74) is -2.33. The molecule has 41 heavy (non-hydrogen) atoms. The SMILES string of the molecule is COC(=O)/C(=C/[C@]1(C(=O)OC)C[C@H]2OC[C@@H](OC)[C@@H](N(C)C(=O)OC(C)(C)C)[C@H]2O1)NC(=O)OCc1ccccc1. The number of hydrogen-bond acceptors (Lipinski definition) is 11. The molecule has 2 heterocycles. The standard InChI is InChI=1S/C28H38N2O11/c1-27(2,3)41-26(34)30(4)21-20(35-5)16-38-19-14-28(24(32)37-7,40-22(19)21)13-18(23(31)36-6)29-25(33)39-15-17-11-9-8-10-12-17/h8-13,19-22H,14-16H2,1-7H3,(H,29,33)/b18-13-/t19-,20-,21-,22+,28-/m1/s1. The molecule has 2 fully saturated rings. The zero-order valence-corrected chi connectivity index (χ0v) is 24.3. The maximum absolute atomic E-state index is 13.2. The third-order valence-corrected chi connectivity index (χ3v) is 6.60. The van der Waals surface area contributed by atoms with Crippen LogP contribution >= 0.6 is 0 Å². The van der Waals surface area contributed by atoms with E-state index < -0.39 is 65.4 Å². The maximum atomic E-state index is 13.2. The molecule has 0 spiro atoms. The average molecular weight is 579 g/mol. The van der Waals surface area contributed by atoms with Crippen LogP contribution in [-0.2, 0) is 49.4 Å². The Labute approximate surface area is 239 Å². The molecular formula is C28H38N2O11. The number of hydrogen-bond donors (Lipinski definition) is 1. The number of rotatable bonds is 8. The number of benzene rings is 1. The highest BCUT2D eigenvalue weighted by Crippen LogP contribution is 2.41. The van der Waals surface area contributed by atoms with Crippen LogP contribution in [-0.4, -0.2) is 99.6 Å². The number of amides is 2. The van der Waals surface area contributed by atoms with E-state index in [1.165, 1.54) is 19.1 Å². The molecule has 2 saturated heterocycles. The van der Waals surface area contributed by atoms with Gasteiger partial charge in [-0.1, -0.05) is 30.3 Å². The normalized spacial score (nSPS) is 25.9. The van der Waals surface area contributed by atoms with Gasteiger partial charge in [0.15, 0.2) is 5.60 Å². The van der Waals surface area contributed by atoms with Crippen molar-refractivity contribution in [3.63, 3.8) is 0 Å². The van der Waals surface area contributed by atoms with E-state index in [1.807, 2.05) is 6.07 Å². The zero-order chi connectivity index (χ0) is 30.4. The highest BCUT2D eigenvalue weighted by atomic mass is 16.6. The Morgan fingerprint density at radius 3 is 2.37 bits per heavy atom. The Hall–Kier alpha value is -3.68. The molecule has 3 rings (SSSR count). The van der Waals surface area contributed by atoms with Crippen molar-refractivity contribution in [2.75, 3.05) is 35.0 Å². The molecule has 2 aliphatic rings. The lowest BCUT2D eigenvalue weighted by Crippen LogP contribution is -2.61. The largest absolute Gasteiger partial charge is 0.467 e. The van der Waals surface area contributed by atoms with Crippen molar-refractivity contribution in [2.45, 2.75) is 69.4 Å². The monoisotopic (exact) mass is 578 g/mol. The number of fused-ring (bicyclic) bond motifs is 1. The fourth-order valence-corrected chi connectivity index (χ4v) is 4.70. The van der Waals surface area contributed by atoms with Gasteiger partial charge in [0.25, 0.3) is 0 Å². The van der Waals surface area contributed by atoms with Gasteiger partial charge in [-0.15, -0.1) is 0 Å². The van der Waals surface area contributed by atoms with Crippen LogP contribution in [0, 0.1) is 0 Å². The minimum atomic E-state index is -1.89. The van der Waals surface area contributed by atoms with Crippen LogP contribution < -0.4 is 5.32 Å². The van der Waals surface area contributed by atoms with Gasteiger partial charge in [0.2, 0.25) is 0 Å². The van der Waals surface area contributed by atoms with E-state index in [0.717, 1.165) is 25.9 Å². The Bertz CT molecular complexity index is 1130. The molecule has 2 aliphatic heterocycles. The molecule has 0 saturated carbocycles. The topological polar surface area (TPSA) is 148 Å². The third-order valence-electron chi connectivity index (χ3n) is 6.60. The minimum absolute atomic E-state index is 0.0607. The third kappa shape index (κ3) is 7.75. The molecule has 1 aromatic carbocycles. The molecule has 13 heteroatoms. The van der Waals surface area contributed by atoms with Crippen molar-refractivity contribution < 1.29 is 52.3 Å². The molecule has 5 atom stereocenters. The number of nitrogens with zero attached hydrogens (tertiary/aromatic N) is 1. The van der Waals surface area contributed by atoms with Crippen molar-refractivity contribution >= 4 is 24.1 Å². The molecule has 13 nitrogen and oxygen atoms in total. The van der Waals surface area contributed by atoms with Gasteiger partial charge < -0.3 is 38.1 Å². The van der Waals surface area contributed by atoms with Gasteiger partial charge in [-0.25, -0.2) is 19.2 Å². The molecule has 0 radical (unpaired) electrons. The predicted octanol–water partition coefficient (Wildman–Crippen LogP) is 2.32. The van der Waals surface area contributed by atoms with Gasteiger partial charge in [0.05, 0.1) is 33.0 Å². The Balaban J connectivity index is 1.91. The summed E-state index contributed by atoms with van der Waals surface area (Å²) in [5.74, 6) is -1.81. The second kappa shape index (κ2) is 13.3. The van der Waals surface area contributed by atoms with E-state index in [-0.39, 0.29) is 19.6 Å². The molecule has 1 N–H and O–H groups in total. The van der Waals surface area contributed by atoms with Crippen LogP contribution in [0.3, 0.4) is 0 Å². The number of alkyl carbamates (subject to hydrolysis) is 1. The molecule has 1 aromatic rings. The molecule has 2 amide bonds. The quantitative estimate of drug-likeness (QED) is 0.275. The van der Waals surface area contributed by atoms with Crippen LogP contribution in [0.5, 0.6) is 0 Å². The first-order valence-corrected chi connectivity index (χ1v) is 13.0. The number of methoxy groups -OCH3 is 3. The van der Waals surface area contributed by atoms with Gasteiger partial charge >= 0.3 is 24.1 Å². The van der Waals surface area contributed by atoms with Crippen LogP contribution in [0.4, 0.5) is 9.59 Å². The number of likely N-dealkylation sites (N-methyl/N-ethyl adjacent to an activating group) is 1. The molecule has 226 valence electrons. The molecule has 0 bridgehead atoms. The molecule has 0 unspecified atom stereocenters. The first-order valence-electron chi connectivity index (χ1n) is 13.0. The fraction of sp³-hybridized carbons (Fsp3) is 0.571. The van der Waals surface area contributed by atoms with Crippen molar-refractivity contribution in [3.8, 4) is 0 Å². The van der Waals surface area contributed by atoms with Crippen LogP contribution in [0.25, 0.3) is 0 Å². The van der Waals surface area contributed by atoms with Gasteiger partial charge in [-0.05, 0) is 32.4 Å². The highest BCUT2D eigenvalue weighted by molar-refractivity contribution is 5.94. The van der Waals surface area contributed by atoms with E-state index in [9.17, 15) is 19.2 Å². The summed E-state index contributed by atoms with van der Waals surface area (Å²) < 4.78 is 38.4. The molecule has 0 aliphatic carbocycles. The van der Waals surface area contributed by atoms with Crippen LogP contribution in [0.15, 0.2) is 42.1 Å². The summed E-state index contributed by atoms with van der Waals surface area (Å²) in [4.78, 5) is 52.8. The van der Waals surface area contributed by atoms with Crippen molar-refractivity contribution in [3.05, 3.63) is 47.7 Å². The molecular weight excluding hydrogens is 540 g/mol. The summed E-state index contributed by atoms with van der Waals surface area (Å²) in [6.07, 6.45) is -2.81. The first kappa shape index (κ1) is 31.8. The Kier molecular flexibility index (Phi) is 10.3. The Morgan fingerprint density at radius 2 is 1.78 bits per heavy atom. The van der Waals surface area contributed by atoms with Gasteiger partial charge in [0, 0.05) is 20.6 Å². The van der Waals surface area contributed by atoms with E-state index >= 15 is 0 Å². The lowest BCUT2D eigenvalue weighted by Gasteiger charge is -2.43. The average Bonchev–Trinajstić information content (AvgIpc) is 3.32. The smallest absolute Gasteiger partial charge is 0.412 e. The van der Waals surface area contributed by atoms with Crippen LogP contribution in [0.1, 0.15) is 32.8 Å². The first-order chi connectivity index (χ1) is 19.3. The van der Waals surface area contributed by atoms with Crippen LogP contribution in [0.2, 0.25) is 0 Å². The second-order valence-electron chi connectivity index (χ2n) is 10.6. The Morgan fingerprint density at radius 1 is 1.10 bits per heavy atom. The second-order valence-corrected chi connectivity index (χ2v) is 10.6. The number of esters is 2. The maximum Gasteiger partial charge on any atom is 0.412 e.